The van der Waals surface area contributed by atoms with E-state index in [0.717, 1.165) is 63.7 Å². The van der Waals surface area contributed by atoms with Crippen molar-refractivity contribution in [3.63, 3.8) is 0 Å². The fraction of sp³-hybridized carbons (Fsp3) is 0.290. The third-order valence-corrected chi connectivity index (χ3v) is 8.18. The Hall–Kier alpha value is -4.11. The molecule has 1 aromatic heterocycles. The van der Waals surface area contributed by atoms with Crippen LogP contribution in [0.5, 0.6) is 17.2 Å². The number of rotatable bonds is 9. The molecule has 0 spiro atoms. The minimum absolute atomic E-state index is 0.115. The van der Waals surface area contributed by atoms with E-state index in [9.17, 15) is 4.79 Å². The Kier molecular flexibility index (Phi) is 8.50. The lowest BCUT2D eigenvalue weighted by Crippen LogP contribution is -2.49. The molecule has 208 valence electrons. The Labute approximate surface area is 239 Å². The molecule has 1 fully saturated rings. The average molecular weight is 559 g/mol. The van der Waals surface area contributed by atoms with Crippen LogP contribution in [0.1, 0.15) is 0 Å². The molecule has 0 aliphatic carbocycles. The molecule has 8 nitrogen and oxygen atoms in total. The van der Waals surface area contributed by atoms with E-state index in [1.807, 2.05) is 78.7 Å². The second-order valence-electron chi connectivity index (χ2n) is 9.44. The van der Waals surface area contributed by atoms with Crippen molar-refractivity contribution in [2.75, 3.05) is 58.2 Å². The van der Waals surface area contributed by atoms with Gasteiger partial charge in [-0.2, -0.15) is 0 Å². The summed E-state index contributed by atoms with van der Waals surface area (Å²) in [4.78, 5) is 22.4. The second-order valence-corrected chi connectivity index (χ2v) is 10.4. The van der Waals surface area contributed by atoms with Crippen molar-refractivity contribution in [1.29, 1.82) is 0 Å². The van der Waals surface area contributed by atoms with Gasteiger partial charge in [-0.1, -0.05) is 23.9 Å². The number of thioether (sulfide) groups is 1. The van der Waals surface area contributed by atoms with Crippen molar-refractivity contribution in [3.8, 4) is 39.8 Å². The summed E-state index contributed by atoms with van der Waals surface area (Å²) < 4.78 is 18.3. The summed E-state index contributed by atoms with van der Waals surface area (Å²) in [6.07, 6.45) is 0. The number of piperazine rings is 1. The molecule has 40 heavy (non-hydrogen) atoms. The van der Waals surface area contributed by atoms with Crippen LogP contribution in [0.25, 0.3) is 22.5 Å². The summed E-state index contributed by atoms with van der Waals surface area (Å²) in [7, 11) is 7.00. The Morgan fingerprint density at radius 1 is 0.800 bits per heavy atom. The van der Waals surface area contributed by atoms with Crippen molar-refractivity contribution in [1.82, 2.24) is 14.5 Å². The number of methoxy groups -OCH3 is 3. The van der Waals surface area contributed by atoms with E-state index < -0.39 is 0 Å². The van der Waals surface area contributed by atoms with Gasteiger partial charge in [0.25, 0.3) is 0 Å². The van der Waals surface area contributed by atoms with E-state index in [-0.39, 0.29) is 5.91 Å². The number of benzene rings is 3. The number of para-hydroxylation sites is 2. The molecular weight excluding hydrogens is 524 g/mol. The molecule has 4 aromatic rings. The van der Waals surface area contributed by atoms with Gasteiger partial charge in [0, 0.05) is 44.4 Å². The number of carbonyl (C=O) groups excluding carboxylic acids is 1. The minimum Gasteiger partial charge on any atom is -0.497 e. The first-order valence-electron chi connectivity index (χ1n) is 13.2. The minimum atomic E-state index is 0.115. The summed E-state index contributed by atoms with van der Waals surface area (Å²) in [5.41, 5.74) is 4.90. The molecule has 1 amide bonds. The third-order valence-electron chi connectivity index (χ3n) is 7.16. The molecular formula is C31H34N4O4S. The topological polar surface area (TPSA) is 69.1 Å². The standard InChI is InChI=1S/C31H34N4O4S/c1-33-30(23-11-15-25(38-3)16-12-23)29(22-9-13-24(37-2)14-10-22)32-31(33)40-21-28(36)35-19-17-34(18-20-35)26-7-5-6-8-27(26)39-4/h5-16H,17-21H2,1-4H3. The van der Waals surface area contributed by atoms with E-state index in [0.29, 0.717) is 18.8 Å². The van der Waals surface area contributed by atoms with Crippen LogP contribution in [0.3, 0.4) is 0 Å². The monoisotopic (exact) mass is 558 g/mol. The summed E-state index contributed by atoms with van der Waals surface area (Å²) >= 11 is 1.47. The van der Waals surface area contributed by atoms with Crippen molar-refractivity contribution < 1.29 is 19.0 Å². The van der Waals surface area contributed by atoms with Crippen LogP contribution in [-0.2, 0) is 11.8 Å². The molecule has 5 rings (SSSR count). The van der Waals surface area contributed by atoms with Gasteiger partial charge in [-0.15, -0.1) is 0 Å². The van der Waals surface area contributed by atoms with Gasteiger partial charge in [0.1, 0.15) is 17.2 Å². The summed E-state index contributed by atoms with van der Waals surface area (Å²) in [6.45, 7) is 2.88. The third kappa shape index (κ3) is 5.74. The normalized spacial score (nSPS) is 13.3. The average Bonchev–Trinajstić information content (AvgIpc) is 3.35. The lowest BCUT2D eigenvalue weighted by atomic mass is 10.0. The van der Waals surface area contributed by atoms with Gasteiger partial charge in [0.2, 0.25) is 5.91 Å². The zero-order valence-electron chi connectivity index (χ0n) is 23.3. The lowest BCUT2D eigenvalue weighted by molar-refractivity contribution is -0.128. The first-order chi connectivity index (χ1) is 19.5. The predicted molar refractivity (Wildman–Crippen MR) is 160 cm³/mol. The number of imidazole rings is 1. The van der Waals surface area contributed by atoms with Crippen molar-refractivity contribution in [2.45, 2.75) is 5.16 Å². The van der Waals surface area contributed by atoms with Crippen molar-refractivity contribution >= 4 is 23.4 Å². The Morgan fingerprint density at radius 2 is 1.40 bits per heavy atom. The van der Waals surface area contributed by atoms with Crippen LogP contribution in [0.15, 0.2) is 78.0 Å². The van der Waals surface area contributed by atoms with Gasteiger partial charge in [0.05, 0.1) is 44.2 Å². The number of nitrogens with zero attached hydrogens (tertiary/aromatic N) is 4. The van der Waals surface area contributed by atoms with Gasteiger partial charge >= 0.3 is 0 Å². The fourth-order valence-corrected chi connectivity index (χ4v) is 5.82. The lowest BCUT2D eigenvalue weighted by Gasteiger charge is -2.36. The molecule has 0 atom stereocenters. The molecule has 1 saturated heterocycles. The van der Waals surface area contributed by atoms with Crippen molar-refractivity contribution in [2.24, 2.45) is 7.05 Å². The molecule has 1 aliphatic rings. The largest absolute Gasteiger partial charge is 0.497 e. The smallest absolute Gasteiger partial charge is 0.233 e. The van der Waals surface area contributed by atoms with Crippen LogP contribution < -0.4 is 19.1 Å². The second kappa shape index (κ2) is 12.4. The molecule has 0 radical (unpaired) electrons. The van der Waals surface area contributed by atoms with E-state index in [2.05, 4.69) is 15.5 Å². The Balaban J connectivity index is 1.32. The highest BCUT2D eigenvalue weighted by atomic mass is 32.2. The number of amides is 1. The fourth-order valence-electron chi connectivity index (χ4n) is 4.94. The van der Waals surface area contributed by atoms with Crippen LogP contribution in [0.4, 0.5) is 5.69 Å². The highest BCUT2D eigenvalue weighted by molar-refractivity contribution is 7.99. The Bertz CT molecular complexity index is 1450. The van der Waals surface area contributed by atoms with Gasteiger partial charge in [0.15, 0.2) is 5.16 Å². The number of anilines is 1. The number of aromatic nitrogens is 2. The van der Waals surface area contributed by atoms with Gasteiger partial charge in [-0.05, 0) is 60.7 Å². The number of carbonyl (C=O) groups is 1. The van der Waals surface area contributed by atoms with E-state index in [1.165, 1.54) is 11.8 Å². The maximum absolute atomic E-state index is 13.2. The number of hydrogen-bond donors (Lipinski definition) is 0. The van der Waals surface area contributed by atoms with Crippen LogP contribution in [0, 0.1) is 0 Å². The van der Waals surface area contributed by atoms with E-state index in [1.54, 1.807) is 21.3 Å². The Morgan fingerprint density at radius 3 is 2.00 bits per heavy atom. The molecule has 0 bridgehead atoms. The van der Waals surface area contributed by atoms with Crippen LogP contribution >= 0.6 is 11.8 Å². The summed E-state index contributed by atoms with van der Waals surface area (Å²) in [5, 5.41) is 0.789. The van der Waals surface area contributed by atoms with E-state index >= 15 is 0 Å². The molecule has 0 N–H and O–H groups in total. The number of hydrogen-bond acceptors (Lipinski definition) is 7. The van der Waals surface area contributed by atoms with E-state index in [4.69, 9.17) is 19.2 Å². The van der Waals surface area contributed by atoms with Gasteiger partial charge in [-0.3, -0.25) is 4.79 Å². The predicted octanol–water partition coefficient (Wildman–Crippen LogP) is 5.22. The van der Waals surface area contributed by atoms with Crippen molar-refractivity contribution in [3.05, 3.63) is 72.8 Å². The van der Waals surface area contributed by atoms with Gasteiger partial charge in [-0.25, -0.2) is 4.98 Å². The maximum atomic E-state index is 13.2. The highest BCUT2D eigenvalue weighted by Crippen LogP contribution is 2.36. The molecule has 3 aromatic carbocycles. The summed E-state index contributed by atoms with van der Waals surface area (Å²) in [5.74, 6) is 2.88. The SMILES string of the molecule is COc1ccc(-c2nc(SCC(=O)N3CCN(c4ccccc4OC)CC3)n(C)c2-c2ccc(OC)cc2)cc1. The van der Waals surface area contributed by atoms with Crippen LogP contribution in [0.2, 0.25) is 0 Å². The zero-order chi connectivity index (χ0) is 28.1. The molecule has 2 heterocycles. The summed E-state index contributed by atoms with van der Waals surface area (Å²) in [6, 6.07) is 23.9. The van der Waals surface area contributed by atoms with Gasteiger partial charge < -0.3 is 28.6 Å². The first-order valence-corrected chi connectivity index (χ1v) is 14.1. The first kappa shape index (κ1) is 27.5. The molecule has 0 unspecified atom stereocenters. The molecule has 1 aliphatic heterocycles. The zero-order valence-corrected chi connectivity index (χ0v) is 24.1. The number of ether oxygens (including phenoxy) is 3. The quantitative estimate of drug-likeness (QED) is 0.261. The molecule has 9 heteroatoms. The highest BCUT2D eigenvalue weighted by Gasteiger charge is 2.24. The molecule has 0 saturated carbocycles. The van der Waals surface area contributed by atoms with Crippen LogP contribution in [-0.4, -0.2) is 73.6 Å². The maximum Gasteiger partial charge on any atom is 0.233 e.